The molecule has 0 aliphatic rings. The van der Waals surface area contributed by atoms with Crippen LogP contribution in [0.3, 0.4) is 0 Å². The molecule has 5 nitrogen and oxygen atoms in total. The minimum absolute atomic E-state index is 0.0701. The maximum absolute atomic E-state index is 12.9. The summed E-state index contributed by atoms with van der Waals surface area (Å²) in [5.74, 6) is 0. The van der Waals surface area contributed by atoms with Crippen LogP contribution in [0.5, 0.6) is 0 Å². The average molecular weight is 336 g/mol. The highest BCUT2D eigenvalue weighted by molar-refractivity contribution is 5.75. The van der Waals surface area contributed by atoms with Gasteiger partial charge in [0.15, 0.2) is 0 Å². The van der Waals surface area contributed by atoms with E-state index in [1.54, 1.807) is 30.3 Å². The molecule has 24 heavy (non-hydrogen) atoms. The predicted octanol–water partition coefficient (Wildman–Crippen LogP) is 2.34. The minimum atomic E-state index is -4.58. The molecule has 8 heteroatoms. The Hall–Kier alpha value is -3.03. The fourth-order valence-corrected chi connectivity index (χ4v) is 2.20. The van der Waals surface area contributed by atoms with E-state index < -0.39 is 22.9 Å². The third-order valence-corrected chi connectivity index (χ3v) is 3.37. The first-order valence-corrected chi connectivity index (χ1v) is 6.90. The van der Waals surface area contributed by atoms with Crippen molar-refractivity contribution in [3.63, 3.8) is 0 Å². The van der Waals surface area contributed by atoms with E-state index in [-0.39, 0.29) is 17.6 Å². The van der Waals surface area contributed by atoms with E-state index in [4.69, 9.17) is 4.84 Å². The Kier molecular flexibility index (Phi) is 3.88. The molecule has 0 unspecified atom stereocenters. The van der Waals surface area contributed by atoms with Crippen molar-refractivity contribution >= 4 is 11.0 Å². The molecule has 0 saturated carbocycles. The van der Waals surface area contributed by atoms with Crippen LogP contribution in [0, 0.1) is 0 Å². The van der Waals surface area contributed by atoms with Gasteiger partial charge in [-0.2, -0.15) is 13.2 Å². The highest BCUT2D eigenvalue weighted by Gasteiger charge is 2.31. The van der Waals surface area contributed by atoms with Crippen molar-refractivity contribution in [2.24, 2.45) is 0 Å². The summed E-state index contributed by atoms with van der Waals surface area (Å²) in [6, 6.07) is 11.4. The number of hydrogen-bond acceptors (Lipinski definition) is 3. The summed E-state index contributed by atoms with van der Waals surface area (Å²) in [4.78, 5) is 31.2. The Balaban J connectivity index is 2.11. The number of halogens is 3. The van der Waals surface area contributed by atoms with Crippen LogP contribution >= 0.6 is 0 Å². The van der Waals surface area contributed by atoms with E-state index in [1.807, 2.05) is 0 Å². The SMILES string of the molecule is O=c1[nH]c2ccc(C(F)(F)F)cc2n(OCc2ccccc2)c1=O. The maximum atomic E-state index is 12.9. The molecule has 3 aromatic rings. The molecule has 1 aromatic heterocycles. The van der Waals surface area contributed by atoms with Crippen LogP contribution in [-0.4, -0.2) is 9.71 Å². The molecule has 0 saturated heterocycles. The van der Waals surface area contributed by atoms with E-state index in [2.05, 4.69) is 4.98 Å². The molecule has 124 valence electrons. The molecule has 1 heterocycles. The van der Waals surface area contributed by atoms with Crippen LogP contribution in [0.15, 0.2) is 58.1 Å². The summed E-state index contributed by atoms with van der Waals surface area (Å²) in [5.41, 5.74) is -2.40. The van der Waals surface area contributed by atoms with Crippen molar-refractivity contribution < 1.29 is 18.0 Å². The monoisotopic (exact) mass is 336 g/mol. The van der Waals surface area contributed by atoms with Gasteiger partial charge in [-0.1, -0.05) is 30.3 Å². The van der Waals surface area contributed by atoms with Gasteiger partial charge in [0.1, 0.15) is 12.1 Å². The van der Waals surface area contributed by atoms with Gasteiger partial charge in [0.25, 0.3) is 0 Å². The van der Waals surface area contributed by atoms with E-state index >= 15 is 0 Å². The molecule has 0 aliphatic carbocycles. The highest BCUT2D eigenvalue weighted by Crippen LogP contribution is 2.30. The van der Waals surface area contributed by atoms with E-state index in [1.165, 1.54) is 0 Å². The third kappa shape index (κ3) is 3.03. The van der Waals surface area contributed by atoms with Gasteiger partial charge < -0.3 is 9.82 Å². The van der Waals surface area contributed by atoms with Crippen LogP contribution in [-0.2, 0) is 12.8 Å². The number of H-pyrrole nitrogens is 1. The van der Waals surface area contributed by atoms with E-state index in [0.29, 0.717) is 10.3 Å². The van der Waals surface area contributed by atoms with Gasteiger partial charge in [-0.05, 0) is 23.8 Å². The van der Waals surface area contributed by atoms with Gasteiger partial charge in [-0.15, -0.1) is 4.73 Å². The Bertz CT molecular complexity index is 991. The molecule has 0 fully saturated rings. The molecule has 2 aromatic carbocycles. The standard InChI is InChI=1S/C16H11F3N2O3/c17-16(18,19)11-6-7-12-13(8-11)21(15(23)14(22)20-12)24-9-10-4-2-1-3-5-10/h1-8H,9H2,(H,20,22). The summed E-state index contributed by atoms with van der Waals surface area (Å²) >= 11 is 0. The highest BCUT2D eigenvalue weighted by atomic mass is 19.4. The second-order valence-corrected chi connectivity index (χ2v) is 5.04. The van der Waals surface area contributed by atoms with Gasteiger partial charge in [0.05, 0.1) is 11.1 Å². The van der Waals surface area contributed by atoms with Gasteiger partial charge in [-0.25, -0.2) is 0 Å². The smallest absolute Gasteiger partial charge is 0.405 e. The molecular weight excluding hydrogens is 325 g/mol. The predicted molar refractivity (Wildman–Crippen MR) is 80.6 cm³/mol. The fourth-order valence-electron chi connectivity index (χ4n) is 2.20. The molecule has 0 bridgehead atoms. The molecule has 3 rings (SSSR count). The first kappa shape index (κ1) is 15.9. The summed E-state index contributed by atoms with van der Waals surface area (Å²) in [7, 11) is 0. The topological polar surface area (TPSA) is 64.1 Å². The normalized spacial score (nSPS) is 11.6. The van der Waals surface area contributed by atoms with Crippen LogP contribution in [0.2, 0.25) is 0 Å². The number of nitrogens with zero attached hydrogens (tertiary/aromatic N) is 1. The lowest BCUT2D eigenvalue weighted by atomic mass is 10.2. The van der Waals surface area contributed by atoms with Crippen molar-refractivity contribution in [3.05, 3.63) is 80.4 Å². The molecule has 0 atom stereocenters. The zero-order valence-electron chi connectivity index (χ0n) is 12.1. The number of fused-ring (bicyclic) bond motifs is 1. The number of aromatic nitrogens is 2. The number of aromatic amines is 1. The molecule has 0 spiro atoms. The van der Waals surface area contributed by atoms with Crippen molar-refractivity contribution in [2.45, 2.75) is 12.8 Å². The number of benzene rings is 2. The lowest BCUT2D eigenvalue weighted by Gasteiger charge is -2.13. The van der Waals surface area contributed by atoms with Crippen molar-refractivity contribution in [3.8, 4) is 0 Å². The van der Waals surface area contributed by atoms with Crippen molar-refractivity contribution in [1.82, 2.24) is 9.71 Å². The number of nitrogens with one attached hydrogen (secondary N) is 1. The van der Waals surface area contributed by atoms with Gasteiger partial charge in [-0.3, -0.25) is 9.59 Å². The van der Waals surface area contributed by atoms with Gasteiger partial charge in [0, 0.05) is 0 Å². The number of hydrogen-bond donors (Lipinski definition) is 1. The number of rotatable bonds is 3. The van der Waals surface area contributed by atoms with Crippen LogP contribution in [0.25, 0.3) is 11.0 Å². The van der Waals surface area contributed by atoms with Gasteiger partial charge in [0.2, 0.25) is 0 Å². The van der Waals surface area contributed by atoms with E-state index in [9.17, 15) is 22.8 Å². The lowest BCUT2D eigenvalue weighted by molar-refractivity contribution is -0.137. The van der Waals surface area contributed by atoms with Crippen LogP contribution in [0.4, 0.5) is 13.2 Å². The molecule has 1 N–H and O–H groups in total. The largest absolute Gasteiger partial charge is 0.416 e. The van der Waals surface area contributed by atoms with E-state index in [0.717, 1.165) is 18.2 Å². The second-order valence-electron chi connectivity index (χ2n) is 5.04. The van der Waals surface area contributed by atoms with Crippen molar-refractivity contribution in [1.29, 1.82) is 0 Å². The zero-order valence-corrected chi connectivity index (χ0v) is 12.1. The lowest BCUT2D eigenvalue weighted by Crippen LogP contribution is -2.39. The maximum Gasteiger partial charge on any atom is 0.416 e. The molecule has 0 radical (unpaired) electrons. The number of alkyl halides is 3. The average Bonchev–Trinajstić information content (AvgIpc) is 2.55. The molecule has 0 aliphatic heterocycles. The van der Waals surface area contributed by atoms with Crippen LogP contribution < -0.4 is 16.0 Å². The summed E-state index contributed by atoms with van der Waals surface area (Å²) in [5, 5.41) is 0. The Morgan fingerprint density at radius 2 is 1.75 bits per heavy atom. The zero-order chi connectivity index (χ0) is 17.3. The second kappa shape index (κ2) is 5.88. The van der Waals surface area contributed by atoms with Crippen LogP contribution in [0.1, 0.15) is 11.1 Å². The molecule has 0 amide bonds. The van der Waals surface area contributed by atoms with Gasteiger partial charge >= 0.3 is 17.3 Å². The minimum Gasteiger partial charge on any atom is -0.405 e. The summed E-state index contributed by atoms with van der Waals surface area (Å²) in [6.07, 6.45) is -4.58. The Morgan fingerprint density at radius 1 is 1.04 bits per heavy atom. The third-order valence-electron chi connectivity index (χ3n) is 3.37. The Morgan fingerprint density at radius 3 is 2.42 bits per heavy atom. The quantitative estimate of drug-likeness (QED) is 0.747. The Labute approximate surface area is 132 Å². The molecular formula is C16H11F3N2O3. The van der Waals surface area contributed by atoms with Crippen molar-refractivity contribution in [2.75, 3.05) is 0 Å². The first-order chi connectivity index (χ1) is 11.4. The summed E-state index contributed by atoms with van der Waals surface area (Å²) < 4.78 is 39.2. The summed E-state index contributed by atoms with van der Waals surface area (Å²) in [6.45, 7) is -0.0739. The fraction of sp³-hybridized carbons (Fsp3) is 0.125. The first-order valence-electron chi connectivity index (χ1n) is 6.90.